The molecule has 5 aliphatic rings. The Balaban J connectivity index is 1.04. The van der Waals surface area contributed by atoms with Crippen molar-refractivity contribution in [3.63, 3.8) is 0 Å². The largest absolute Gasteiger partial charge is 0.493 e. The topological polar surface area (TPSA) is 120 Å². The molecule has 9 heteroatoms. The number of nitrogens with two attached hydrogens (primary N) is 1. The molecule has 1 aliphatic heterocycles. The fourth-order valence-electron chi connectivity index (χ4n) is 9.24. The first-order valence-corrected chi connectivity index (χ1v) is 16.2. The predicted octanol–water partition coefficient (Wildman–Crippen LogP) is 5.24. The number of methoxy groups -OCH3 is 2. The van der Waals surface area contributed by atoms with E-state index in [-0.39, 0.29) is 23.3 Å². The molecular weight excluding hydrogens is 582 g/mol. The van der Waals surface area contributed by atoms with E-state index in [1.807, 2.05) is 18.2 Å². The summed E-state index contributed by atoms with van der Waals surface area (Å²) in [7, 11) is 3.30. The Morgan fingerprint density at radius 1 is 0.913 bits per heavy atom. The number of carbonyl (C=O) groups excluding carboxylic acids is 3. The number of ether oxygens (including phenoxy) is 3. The number of hydrogen-bond donors (Lipinski definition) is 2. The van der Waals surface area contributed by atoms with Crippen LogP contribution in [0.4, 0.5) is 5.69 Å². The average Bonchev–Trinajstić information content (AvgIpc) is 3.05. The van der Waals surface area contributed by atoms with Crippen LogP contribution >= 0.6 is 0 Å². The molecule has 0 spiro atoms. The van der Waals surface area contributed by atoms with E-state index in [0.717, 1.165) is 56.4 Å². The van der Waals surface area contributed by atoms with Gasteiger partial charge in [-0.3, -0.25) is 14.4 Å². The van der Waals surface area contributed by atoms with E-state index in [4.69, 9.17) is 19.9 Å². The highest BCUT2D eigenvalue weighted by molar-refractivity contribution is 5.96. The minimum Gasteiger partial charge on any atom is -0.493 e. The standard InChI is InChI=1S/C37H41N3O6/c1-44-31-14-25-10-11-40(20-27(25)15-32(31)45-2)35(43)37-18-23-12-24(19-37)17-36(16-23,22-37)28-6-8-30(9-7-28)46-21-33(41)39-29-5-3-4-26(13-29)34(38)42/h3-9,13-15,23-24H,10-12,16-22H2,1-2H3,(H2,38,42)(H,39,41). The second-order valence-corrected chi connectivity index (χ2v) is 13.8. The zero-order valence-corrected chi connectivity index (χ0v) is 26.5. The third-order valence-electron chi connectivity index (χ3n) is 10.8. The van der Waals surface area contributed by atoms with Gasteiger partial charge in [-0.25, -0.2) is 0 Å². The van der Waals surface area contributed by atoms with Gasteiger partial charge in [0.2, 0.25) is 11.8 Å². The van der Waals surface area contributed by atoms with Crippen LogP contribution in [-0.4, -0.2) is 50.0 Å². The zero-order chi connectivity index (χ0) is 32.1. The number of carbonyl (C=O) groups is 3. The van der Waals surface area contributed by atoms with E-state index in [9.17, 15) is 14.4 Å². The van der Waals surface area contributed by atoms with Gasteiger partial charge in [0.05, 0.1) is 19.6 Å². The van der Waals surface area contributed by atoms with Gasteiger partial charge in [-0.15, -0.1) is 0 Å². The maximum Gasteiger partial charge on any atom is 0.262 e. The molecule has 0 saturated heterocycles. The van der Waals surface area contributed by atoms with E-state index >= 15 is 0 Å². The van der Waals surface area contributed by atoms with E-state index in [0.29, 0.717) is 47.0 Å². The first kappa shape index (κ1) is 30.1. The molecule has 3 aromatic carbocycles. The van der Waals surface area contributed by atoms with Crippen LogP contribution in [0.3, 0.4) is 0 Å². The fourth-order valence-corrected chi connectivity index (χ4v) is 9.24. The van der Waals surface area contributed by atoms with Gasteiger partial charge in [-0.1, -0.05) is 18.2 Å². The van der Waals surface area contributed by atoms with Crippen LogP contribution < -0.4 is 25.3 Å². The van der Waals surface area contributed by atoms with Crippen LogP contribution in [0, 0.1) is 17.3 Å². The van der Waals surface area contributed by atoms with Gasteiger partial charge in [-0.2, -0.15) is 0 Å². The third kappa shape index (κ3) is 5.46. The maximum absolute atomic E-state index is 14.5. The van der Waals surface area contributed by atoms with E-state index in [1.165, 1.54) is 23.6 Å². The Morgan fingerprint density at radius 2 is 1.61 bits per heavy atom. The van der Waals surface area contributed by atoms with Crippen LogP contribution in [0.25, 0.3) is 0 Å². The Morgan fingerprint density at radius 3 is 2.28 bits per heavy atom. The lowest BCUT2D eigenvalue weighted by molar-refractivity contribution is -0.161. The van der Waals surface area contributed by atoms with Crippen molar-refractivity contribution < 1.29 is 28.6 Å². The van der Waals surface area contributed by atoms with Gasteiger partial charge < -0.3 is 30.2 Å². The van der Waals surface area contributed by atoms with Crippen molar-refractivity contribution in [1.29, 1.82) is 0 Å². The van der Waals surface area contributed by atoms with Crippen LogP contribution in [0.1, 0.15) is 65.6 Å². The number of nitrogens with one attached hydrogen (secondary N) is 1. The van der Waals surface area contributed by atoms with E-state index < -0.39 is 5.91 Å². The predicted molar refractivity (Wildman–Crippen MR) is 173 cm³/mol. The smallest absolute Gasteiger partial charge is 0.262 e. The van der Waals surface area contributed by atoms with Crippen LogP contribution in [0.2, 0.25) is 0 Å². The van der Waals surface area contributed by atoms with Gasteiger partial charge in [0, 0.05) is 24.3 Å². The molecule has 8 rings (SSSR count). The summed E-state index contributed by atoms with van der Waals surface area (Å²) in [5.41, 5.74) is 9.43. The monoisotopic (exact) mass is 623 g/mol. The SMILES string of the molecule is COc1cc2c(cc1OC)CN(C(=O)C13CC4CC(C1)CC(c1ccc(OCC(=O)Nc5cccc(C(N)=O)c5)cc1)(C4)C3)CC2. The number of anilines is 1. The summed E-state index contributed by atoms with van der Waals surface area (Å²) >= 11 is 0. The highest BCUT2D eigenvalue weighted by Crippen LogP contribution is 2.66. The highest BCUT2D eigenvalue weighted by Gasteiger charge is 2.61. The molecule has 0 aromatic heterocycles. The third-order valence-corrected chi connectivity index (χ3v) is 10.8. The Hall–Kier alpha value is -4.53. The number of hydrogen-bond acceptors (Lipinski definition) is 6. The molecule has 4 aliphatic carbocycles. The van der Waals surface area contributed by atoms with Crippen molar-refractivity contribution in [2.75, 3.05) is 32.7 Å². The molecule has 9 nitrogen and oxygen atoms in total. The highest BCUT2D eigenvalue weighted by atomic mass is 16.5. The van der Waals surface area contributed by atoms with Gasteiger partial charge >= 0.3 is 0 Å². The number of fused-ring (bicyclic) bond motifs is 1. The Bertz CT molecular complexity index is 1670. The molecule has 4 fully saturated rings. The molecule has 3 N–H and O–H groups in total. The summed E-state index contributed by atoms with van der Waals surface area (Å²) in [6.45, 7) is 1.17. The first-order chi connectivity index (χ1) is 22.2. The van der Waals surface area contributed by atoms with Crippen molar-refractivity contribution in [2.45, 2.75) is 56.9 Å². The molecule has 0 radical (unpaired) electrons. The van der Waals surface area contributed by atoms with Crippen molar-refractivity contribution in [3.8, 4) is 17.2 Å². The molecule has 3 amide bonds. The molecule has 1 heterocycles. The molecule has 3 aromatic rings. The van der Waals surface area contributed by atoms with Gasteiger partial charge in [0.15, 0.2) is 18.1 Å². The minimum atomic E-state index is -0.554. The fraction of sp³-hybridized carbons (Fsp3) is 0.432. The summed E-state index contributed by atoms with van der Waals surface area (Å²) in [5.74, 6) is 2.59. The average molecular weight is 624 g/mol. The molecule has 2 atom stereocenters. The Kier molecular flexibility index (Phi) is 7.65. The number of amides is 3. The summed E-state index contributed by atoms with van der Waals surface area (Å²) in [5, 5.41) is 2.75. The number of benzene rings is 3. The number of rotatable bonds is 9. The second-order valence-electron chi connectivity index (χ2n) is 13.8. The van der Waals surface area contributed by atoms with Crippen molar-refractivity contribution in [2.24, 2.45) is 23.0 Å². The molecule has 240 valence electrons. The normalized spacial score (nSPS) is 25.8. The molecule has 46 heavy (non-hydrogen) atoms. The molecular formula is C37H41N3O6. The van der Waals surface area contributed by atoms with E-state index in [1.54, 1.807) is 32.4 Å². The molecule has 2 unspecified atom stereocenters. The maximum atomic E-state index is 14.5. The van der Waals surface area contributed by atoms with Crippen molar-refractivity contribution in [3.05, 3.63) is 82.9 Å². The minimum absolute atomic E-state index is 0.0224. The summed E-state index contributed by atoms with van der Waals surface area (Å²) in [6, 6.07) is 18.7. The van der Waals surface area contributed by atoms with E-state index in [2.05, 4.69) is 28.4 Å². The lowest BCUT2D eigenvalue weighted by atomic mass is 9.42. The van der Waals surface area contributed by atoms with Crippen LogP contribution in [0.5, 0.6) is 17.2 Å². The summed E-state index contributed by atoms with van der Waals surface area (Å²) in [4.78, 5) is 40.5. The van der Waals surface area contributed by atoms with Gasteiger partial charge in [0.1, 0.15) is 5.75 Å². The van der Waals surface area contributed by atoms with Crippen LogP contribution in [0.15, 0.2) is 60.7 Å². The van der Waals surface area contributed by atoms with Gasteiger partial charge in [0.25, 0.3) is 5.91 Å². The summed E-state index contributed by atoms with van der Waals surface area (Å²) in [6.07, 6.45) is 7.12. The Labute approximate surface area is 269 Å². The zero-order valence-electron chi connectivity index (χ0n) is 26.5. The molecule has 4 bridgehead atoms. The summed E-state index contributed by atoms with van der Waals surface area (Å²) < 4.78 is 16.9. The second kappa shape index (κ2) is 11.7. The first-order valence-electron chi connectivity index (χ1n) is 16.2. The quantitative estimate of drug-likeness (QED) is 0.336. The van der Waals surface area contributed by atoms with Crippen molar-refractivity contribution in [1.82, 2.24) is 4.90 Å². The lowest BCUT2D eigenvalue weighted by Crippen LogP contribution is -2.60. The van der Waals surface area contributed by atoms with Crippen molar-refractivity contribution >= 4 is 23.4 Å². The van der Waals surface area contributed by atoms with Gasteiger partial charge in [-0.05, 0) is 121 Å². The lowest BCUT2D eigenvalue weighted by Gasteiger charge is -2.62. The number of primary amides is 1. The molecule has 4 saturated carbocycles. The van der Waals surface area contributed by atoms with Crippen LogP contribution in [-0.2, 0) is 28.0 Å². The number of nitrogens with zero attached hydrogens (tertiary/aromatic N) is 1.